The molecule has 0 aliphatic rings. The lowest BCUT2D eigenvalue weighted by Gasteiger charge is -2.04. The maximum Gasteiger partial charge on any atom is 0.258 e. The number of carbonyl (C=O) groups is 1. The van der Waals surface area contributed by atoms with Gasteiger partial charge in [0.15, 0.2) is 9.34 Å². The zero-order valence-electron chi connectivity index (χ0n) is 10.6. The smallest absolute Gasteiger partial charge is 0.258 e. The number of anilines is 1. The molecule has 3 N–H and O–H groups in total. The third kappa shape index (κ3) is 3.89. The number of nitrogens with one attached hydrogen (secondary N) is 1. The number of benzene rings is 1. The summed E-state index contributed by atoms with van der Waals surface area (Å²) in [5, 5.41) is 7.80. The van der Waals surface area contributed by atoms with E-state index in [0.717, 1.165) is 15.8 Å². The second-order valence-corrected chi connectivity index (χ2v) is 8.54. The van der Waals surface area contributed by atoms with Crippen molar-refractivity contribution in [1.29, 1.82) is 0 Å². The van der Waals surface area contributed by atoms with E-state index in [2.05, 4.69) is 42.2 Å². The maximum atomic E-state index is 12.2. The fourth-order valence-corrected chi connectivity index (χ4v) is 4.18. The molecule has 1 heterocycles. The third-order valence-electron chi connectivity index (χ3n) is 2.41. The summed E-state index contributed by atoms with van der Waals surface area (Å²) in [4.78, 5) is 16.2. The number of amides is 1. The van der Waals surface area contributed by atoms with Crippen molar-refractivity contribution in [1.82, 2.24) is 4.98 Å². The molecule has 1 aromatic heterocycles. The zero-order valence-corrected chi connectivity index (χ0v) is 15.4. The summed E-state index contributed by atoms with van der Waals surface area (Å²) >= 11 is 7.38. The lowest BCUT2D eigenvalue weighted by molar-refractivity contribution is 0.102. The third-order valence-corrected chi connectivity index (χ3v) is 6.22. The van der Waals surface area contributed by atoms with Crippen LogP contribution in [-0.2, 0) is 10.0 Å². The number of rotatable bonds is 3. The first kappa shape index (κ1) is 16.6. The van der Waals surface area contributed by atoms with E-state index in [0.29, 0.717) is 10.0 Å². The molecule has 1 amide bonds. The van der Waals surface area contributed by atoms with Crippen molar-refractivity contribution >= 4 is 64.3 Å². The van der Waals surface area contributed by atoms with Crippen molar-refractivity contribution in [2.24, 2.45) is 5.14 Å². The van der Waals surface area contributed by atoms with Crippen LogP contribution in [0.5, 0.6) is 0 Å². The fraction of sp³-hybridized carbons (Fsp3) is 0.0909. The van der Waals surface area contributed by atoms with Gasteiger partial charge in [-0.3, -0.25) is 10.1 Å². The Kier molecular flexibility index (Phi) is 4.83. The summed E-state index contributed by atoms with van der Waals surface area (Å²) in [5.41, 5.74) is 0.653. The average Bonchev–Trinajstić information content (AvgIpc) is 2.73. The molecule has 0 aliphatic carbocycles. The van der Waals surface area contributed by atoms with Gasteiger partial charge < -0.3 is 0 Å². The van der Waals surface area contributed by atoms with Gasteiger partial charge in [0.05, 0.1) is 11.3 Å². The Hall–Kier alpha value is -0.810. The van der Waals surface area contributed by atoms with Crippen LogP contribution in [0.15, 0.2) is 31.4 Å². The minimum atomic E-state index is -3.84. The molecule has 1 aromatic carbocycles. The van der Waals surface area contributed by atoms with Crippen LogP contribution in [0.4, 0.5) is 5.13 Å². The Labute approximate surface area is 142 Å². The molecule has 0 radical (unpaired) electrons. The molecule has 0 bridgehead atoms. The van der Waals surface area contributed by atoms with Gasteiger partial charge in [-0.05, 0) is 41.1 Å². The summed E-state index contributed by atoms with van der Waals surface area (Å²) in [7, 11) is -3.84. The second kappa shape index (κ2) is 6.13. The number of carbonyl (C=O) groups excluding carboxylic acids is 1. The summed E-state index contributed by atoms with van der Waals surface area (Å²) in [5.74, 6) is -0.405. The molecule has 0 unspecified atom stereocenters. The van der Waals surface area contributed by atoms with Crippen LogP contribution in [0, 0.1) is 6.92 Å². The van der Waals surface area contributed by atoms with E-state index in [9.17, 15) is 13.2 Å². The maximum absolute atomic E-state index is 12.2. The fourth-order valence-electron chi connectivity index (χ4n) is 1.54. The van der Waals surface area contributed by atoms with Crippen molar-refractivity contribution in [3.8, 4) is 0 Å². The highest BCUT2D eigenvalue weighted by Crippen LogP contribution is 2.27. The van der Waals surface area contributed by atoms with E-state index in [1.54, 1.807) is 18.2 Å². The van der Waals surface area contributed by atoms with Crippen molar-refractivity contribution < 1.29 is 13.2 Å². The standard InChI is InChI=1S/C11H9Br2N3O3S2/c1-5-10(21(14,18)19)20-11(15-5)16-9(17)7-4-6(12)2-3-8(7)13/h2-4H,1H3,(H2,14,18,19)(H,15,16,17). The Bertz CT molecular complexity index is 818. The molecule has 2 aromatic rings. The van der Waals surface area contributed by atoms with Gasteiger partial charge in [0.1, 0.15) is 0 Å². The van der Waals surface area contributed by atoms with Crippen molar-refractivity contribution in [3.63, 3.8) is 0 Å². The van der Waals surface area contributed by atoms with E-state index < -0.39 is 15.9 Å². The summed E-state index contributed by atoms with van der Waals surface area (Å²) in [6.45, 7) is 1.51. The monoisotopic (exact) mass is 453 g/mol. The Balaban J connectivity index is 2.30. The number of halogens is 2. The number of nitrogens with two attached hydrogens (primary N) is 1. The zero-order chi connectivity index (χ0) is 15.8. The molecule has 0 fully saturated rings. The van der Waals surface area contributed by atoms with E-state index in [4.69, 9.17) is 5.14 Å². The molecule has 0 aliphatic heterocycles. The van der Waals surface area contributed by atoms with Crippen molar-refractivity contribution in [3.05, 3.63) is 38.4 Å². The number of hydrogen-bond donors (Lipinski definition) is 2. The highest BCUT2D eigenvalue weighted by atomic mass is 79.9. The van der Waals surface area contributed by atoms with Crippen LogP contribution in [-0.4, -0.2) is 19.3 Å². The SMILES string of the molecule is Cc1nc(NC(=O)c2cc(Br)ccc2Br)sc1S(N)(=O)=O. The average molecular weight is 455 g/mol. The second-order valence-electron chi connectivity index (χ2n) is 4.02. The highest BCUT2D eigenvalue weighted by Gasteiger charge is 2.19. The van der Waals surface area contributed by atoms with Gasteiger partial charge in [0, 0.05) is 8.95 Å². The van der Waals surface area contributed by atoms with E-state index >= 15 is 0 Å². The van der Waals surface area contributed by atoms with Crippen LogP contribution < -0.4 is 10.5 Å². The highest BCUT2D eigenvalue weighted by molar-refractivity contribution is 9.11. The Morgan fingerprint density at radius 2 is 2.05 bits per heavy atom. The summed E-state index contributed by atoms with van der Waals surface area (Å²) in [6, 6.07) is 5.15. The Morgan fingerprint density at radius 3 is 2.62 bits per heavy atom. The molecule has 0 saturated carbocycles. The van der Waals surface area contributed by atoms with Crippen molar-refractivity contribution in [2.75, 3.05) is 5.32 Å². The van der Waals surface area contributed by atoms with E-state index in [1.165, 1.54) is 6.92 Å². The number of primary sulfonamides is 1. The number of aryl methyl sites for hydroxylation is 1. The van der Waals surface area contributed by atoms with Gasteiger partial charge in [-0.1, -0.05) is 27.3 Å². The number of aromatic nitrogens is 1. The number of nitrogens with zero attached hydrogens (tertiary/aromatic N) is 1. The van der Waals surface area contributed by atoms with Gasteiger partial charge in [0.25, 0.3) is 5.91 Å². The minimum absolute atomic E-state index is 0.0638. The minimum Gasteiger partial charge on any atom is -0.298 e. The van der Waals surface area contributed by atoms with Crippen LogP contribution in [0.1, 0.15) is 16.1 Å². The summed E-state index contributed by atoms with van der Waals surface area (Å²) in [6.07, 6.45) is 0. The van der Waals surface area contributed by atoms with E-state index in [1.807, 2.05) is 0 Å². The van der Waals surface area contributed by atoms with Gasteiger partial charge in [-0.25, -0.2) is 18.5 Å². The predicted octanol–water partition coefficient (Wildman–Crippen LogP) is 2.88. The van der Waals surface area contributed by atoms with Crippen LogP contribution >= 0.6 is 43.2 Å². The van der Waals surface area contributed by atoms with Crippen LogP contribution in [0.2, 0.25) is 0 Å². The number of hydrogen-bond acceptors (Lipinski definition) is 5. The lowest BCUT2D eigenvalue weighted by atomic mass is 10.2. The molecule has 0 atom stereocenters. The molecule has 0 spiro atoms. The molecule has 0 saturated heterocycles. The quantitative estimate of drug-likeness (QED) is 0.744. The van der Waals surface area contributed by atoms with Crippen molar-refractivity contribution in [2.45, 2.75) is 11.1 Å². The van der Waals surface area contributed by atoms with Gasteiger partial charge in [0.2, 0.25) is 10.0 Å². The normalized spacial score (nSPS) is 11.4. The molecular weight excluding hydrogens is 446 g/mol. The molecule has 10 heteroatoms. The topological polar surface area (TPSA) is 102 Å². The van der Waals surface area contributed by atoms with Crippen LogP contribution in [0.3, 0.4) is 0 Å². The first-order valence-corrected chi connectivity index (χ1v) is 9.40. The first-order chi connectivity index (χ1) is 9.68. The molecule has 6 nitrogen and oxygen atoms in total. The molecule has 21 heavy (non-hydrogen) atoms. The number of sulfonamides is 1. The van der Waals surface area contributed by atoms with Gasteiger partial charge in [-0.15, -0.1) is 0 Å². The van der Waals surface area contributed by atoms with E-state index in [-0.39, 0.29) is 15.0 Å². The molecular formula is C11H9Br2N3O3S2. The largest absolute Gasteiger partial charge is 0.298 e. The number of thiazole rings is 1. The lowest BCUT2D eigenvalue weighted by Crippen LogP contribution is -2.12. The molecule has 2 rings (SSSR count). The molecule has 112 valence electrons. The summed E-state index contributed by atoms with van der Waals surface area (Å²) < 4.78 is 24.0. The Morgan fingerprint density at radius 1 is 1.38 bits per heavy atom. The first-order valence-electron chi connectivity index (χ1n) is 5.45. The van der Waals surface area contributed by atoms with Gasteiger partial charge >= 0.3 is 0 Å². The predicted molar refractivity (Wildman–Crippen MR) is 88.0 cm³/mol. The van der Waals surface area contributed by atoms with Crippen LogP contribution in [0.25, 0.3) is 0 Å². The van der Waals surface area contributed by atoms with Gasteiger partial charge in [-0.2, -0.15) is 0 Å².